The van der Waals surface area contributed by atoms with Gasteiger partial charge < -0.3 is 19.9 Å². The van der Waals surface area contributed by atoms with E-state index in [1.807, 2.05) is 39.0 Å². The zero-order valence-electron chi connectivity index (χ0n) is 26.1. The van der Waals surface area contributed by atoms with E-state index in [4.69, 9.17) is 9.47 Å². The minimum atomic E-state index is -0.443. The monoisotopic (exact) mass is 590 g/mol. The van der Waals surface area contributed by atoms with Gasteiger partial charge in [-0.25, -0.2) is 4.98 Å². The lowest BCUT2D eigenvalue weighted by Gasteiger charge is -2.24. The number of nitrogens with one attached hydrogen (secondary N) is 1. The zero-order chi connectivity index (χ0) is 30.0. The van der Waals surface area contributed by atoms with Crippen LogP contribution in [0, 0.1) is 26.7 Å². The van der Waals surface area contributed by atoms with Crippen LogP contribution in [-0.4, -0.2) is 40.8 Å². The molecule has 0 aliphatic rings. The highest BCUT2D eigenvalue weighted by atomic mass is 32.1. The zero-order valence-corrected chi connectivity index (χ0v) is 27.9. The van der Waals surface area contributed by atoms with Crippen LogP contribution in [0.4, 0.5) is 0 Å². The van der Waals surface area contributed by atoms with Gasteiger partial charge in [0.1, 0.15) is 5.60 Å². The first-order valence-corrected chi connectivity index (χ1v) is 15.9. The maximum atomic E-state index is 12.2. The van der Waals surface area contributed by atoms with E-state index in [0.29, 0.717) is 30.7 Å². The molecule has 0 amide bonds. The number of hydrogen-bond donors (Lipinski definition) is 2. The van der Waals surface area contributed by atoms with Gasteiger partial charge in [0.15, 0.2) is 0 Å². The van der Waals surface area contributed by atoms with Gasteiger partial charge in [0, 0.05) is 39.5 Å². The van der Waals surface area contributed by atoms with Crippen molar-refractivity contribution < 1.29 is 19.4 Å². The summed E-state index contributed by atoms with van der Waals surface area (Å²) in [7, 11) is 5.09. The summed E-state index contributed by atoms with van der Waals surface area (Å²) in [4.78, 5) is 19.3. The summed E-state index contributed by atoms with van der Waals surface area (Å²) in [6, 6.07) is 2.08. The summed E-state index contributed by atoms with van der Waals surface area (Å²) in [5.41, 5.74) is 5.09. The predicted molar refractivity (Wildman–Crippen MR) is 170 cm³/mol. The van der Waals surface area contributed by atoms with Crippen LogP contribution in [0.3, 0.4) is 0 Å². The third-order valence-electron chi connectivity index (χ3n) is 7.34. The Morgan fingerprint density at radius 3 is 2.50 bits per heavy atom. The standard InChI is InChI=1S/C32H51N2O4PS/c1-10-13-24(14-11-16-27(35)38-32(6,7)8)22(4)29-23(5)28(31(36)39)26(40-29)15-12-17-33-19-25-20(2)18-21(3)34-30(25)37-9/h18,22,24,33,36,39H,10-17,19H2,1-9H3/t22-,24?/m1/s1. The van der Waals surface area contributed by atoms with Crippen LogP contribution in [-0.2, 0) is 22.5 Å². The van der Waals surface area contributed by atoms with Crippen LogP contribution in [0.5, 0.6) is 5.88 Å². The van der Waals surface area contributed by atoms with Crippen molar-refractivity contribution in [1.82, 2.24) is 10.3 Å². The normalized spacial score (nSPS) is 13.2. The summed E-state index contributed by atoms with van der Waals surface area (Å²) in [6.45, 7) is 18.0. The molecule has 2 N–H and O–H groups in total. The number of rotatable bonds is 16. The number of pyridine rings is 1. The van der Waals surface area contributed by atoms with E-state index < -0.39 is 5.60 Å². The van der Waals surface area contributed by atoms with Crippen LogP contribution >= 0.6 is 20.2 Å². The third-order valence-corrected chi connectivity index (χ3v) is 9.14. The molecule has 0 spiro atoms. The van der Waals surface area contributed by atoms with Gasteiger partial charge in [-0.1, -0.05) is 35.6 Å². The quantitative estimate of drug-likeness (QED) is 0.118. The smallest absolute Gasteiger partial charge is 0.306 e. The molecule has 0 radical (unpaired) electrons. The number of aliphatic hydroxyl groups excluding tert-OH is 1. The van der Waals surface area contributed by atoms with Gasteiger partial charge in [-0.3, -0.25) is 4.79 Å². The molecule has 2 aromatic rings. The molecule has 0 aliphatic carbocycles. The van der Waals surface area contributed by atoms with E-state index in [2.05, 4.69) is 52.9 Å². The Morgan fingerprint density at radius 2 is 1.90 bits per heavy atom. The van der Waals surface area contributed by atoms with E-state index >= 15 is 0 Å². The Balaban J connectivity index is 2.05. The van der Waals surface area contributed by atoms with Crippen molar-refractivity contribution in [1.29, 1.82) is 0 Å². The van der Waals surface area contributed by atoms with Crippen molar-refractivity contribution in [3.05, 3.63) is 43.8 Å². The molecule has 0 bridgehead atoms. The second-order valence-electron chi connectivity index (χ2n) is 11.9. The highest BCUT2D eigenvalue weighted by molar-refractivity contribution is 7.22. The average molecular weight is 591 g/mol. The molecule has 2 atom stereocenters. The number of aliphatic hydroxyl groups is 1. The number of hydrogen-bond acceptors (Lipinski definition) is 6. The van der Waals surface area contributed by atoms with Crippen molar-refractivity contribution in [2.45, 2.75) is 118 Å². The number of carbonyl (C=O) groups excluding carboxylic acids is 1. The number of aryl methyl sites for hydroxylation is 3. The van der Waals surface area contributed by atoms with Crippen LogP contribution in [0.2, 0.25) is 0 Å². The Bertz CT molecular complexity index is 1140. The van der Waals surface area contributed by atoms with Crippen molar-refractivity contribution >= 4 is 31.6 Å². The molecule has 0 aromatic carbocycles. The Labute approximate surface area is 248 Å². The maximum absolute atomic E-state index is 12.2. The van der Waals surface area contributed by atoms with Crippen molar-refractivity contribution in [2.75, 3.05) is 13.7 Å². The highest BCUT2D eigenvalue weighted by Gasteiger charge is 2.26. The molecular formula is C32H51N2O4PS. The Morgan fingerprint density at radius 1 is 1.20 bits per heavy atom. The minimum Gasteiger partial charge on any atom is -0.481 e. The molecule has 224 valence electrons. The lowest BCUT2D eigenvalue weighted by Crippen LogP contribution is -2.23. The van der Waals surface area contributed by atoms with E-state index in [1.54, 1.807) is 7.11 Å². The van der Waals surface area contributed by atoms with Crippen LogP contribution in [0.15, 0.2) is 6.07 Å². The molecule has 2 aromatic heterocycles. The molecule has 2 heterocycles. The van der Waals surface area contributed by atoms with E-state index in [0.717, 1.165) is 67.5 Å². The van der Waals surface area contributed by atoms with Gasteiger partial charge >= 0.3 is 5.97 Å². The van der Waals surface area contributed by atoms with Gasteiger partial charge in [0.25, 0.3) is 0 Å². The minimum absolute atomic E-state index is 0.119. The first-order valence-electron chi connectivity index (χ1n) is 14.6. The Hall–Kier alpha value is -1.79. The van der Waals surface area contributed by atoms with E-state index in [9.17, 15) is 9.90 Å². The van der Waals surface area contributed by atoms with Crippen LogP contribution < -0.4 is 10.1 Å². The fraction of sp³-hybridized carbons (Fsp3) is 0.656. The van der Waals surface area contributed by atoms with Gasteiger partial charge in [0.05, 0.1) is 12.6 Å². The van der Waals surface area contributed by atoms with Gasteiger partial charge in [-0.15, -0.1) is 11.3 Å². The SMILES string of the molecule is CCCC(CCCC(=O)OC(C)(C)C)[C@@H](C)c1sc(CCCNCc2c(C)cc(C)nc2OC)c(C(O)=P)c1C. The third kappa shape index (κ3) is 10.2. The number of nitrogens with zero attached hydrogens (tertiary/aromatic N) is 1. The average Bonchev–Trinajstić information content (AvgIpc) is 3.18. The summed E-state index contributed by atoms with van der Waals surface area (Å²) < 4.78 is 11.0. The van der Waals surface area contributed by atoms with Gasteiger partial charge in [-0.05, 0) is 103 Å². The second kappa shape index (κ2) is 16.0. The Kier molecular flexibility index (Phi) is 13.8. The predicted octanol–water partition coefficient (Wildman–Crippen LogP) is 7.82. The lowest BCUT2D eigenvalue weighted by atomic mass is 9.83. The molecule has 0 saturated carbocycles. The summed E-state index contributed by atoms with van der Waals surface area (Å²) in [5, 5.41) is 14.1. The maximum Gasteiger partial charge on any atom is 0.306 e. The highest BCUT2D eigenvalue weighted by Crippen LogP contribution is 2.41. The van der Waals surface area contributed by atoms with E-state index in [1.165, 1.54) is 15.3 Å². The molecule has 40 heavy (non-hydrogen) atoms. The molecule has 0 aliphatic heterocycles. The topological polar surface area (TPSA) is 80.7 Å². The molecule has 8 heteroatoms. The van der Waals surface area contributed by atoms with Gasteiger partial charge in [0.2, 0.25) is 5.88 Å². The second-order valence-corrected chi connectivity index (χ2v) is 13.5. The van der Waals surface area contributed by atoms with Gasteiger partial charge in [-0.2, -0.15) is 0 Å². The molecule has 2 rings (SSSR count). The number of aromatic nitrogens is 1. The molecule has 1 unspecified atom stereocenters. The molecule has 6 nitrogen and oxygen atoms in total. The first kappa shape index (κ1) is 34.4. The molecular weight excluding hydrogens is 539 g/mol. The van der Waals surface area contributed by atoms with Crippen LogP contribution in [0.25, 0.3) is 0 Å². The fourth-order valence-corrected chi connectivity index (χ4v) is 7.37. The summed E-state index contributed by atoms with van der Waals surface area (Å²) in [5.74, 6) is 1.40. The number of esters is 1. The van der Waals surface area contributed by atoms with Crippen molar-refractivity contribution in [3.8, 4) is 5.88 Å². The molecule has 0 fully saturated rings. The number of methoxy groups -OCH3 is 1. The van der Waals surface area contributed by atoms with Crippen molar-refractivity contribution in [2.24, 2.45) is 5.92 Å². The largest absolute Gasteiger partial charge is 0.481 e. The fourth-order valence-electron chi connectivity index (χ4n) is 5.44. The van der Waals surface area contributed by atoms with E-state index in [-0.39, 0.29) is 11.4 Å². The first-order chi connectivity index (χ1) is 18.8. The summed E-state index contributed by atoms with van der Waals surface area (Å²) >= 11 is 1.83. The molecule has 0 saturated heterocycles. The summed E-state index contributed by atoms with van der Waals surface area (Å²) in [6.07, 6.45) is 6.33. The lowest BCUT2D eigenvalue weighted by molar-refractivity contribution is -0.155. The number of ether oxygens (including phenoxy) is 2. The van der Waals surface area contributed by atoms with Crippen LogP contribution in [0.1, 0.15) is 117 Å². The number of thiophene rings is 1. The van der Waals surface area contributed by atoms with Crippen molar-refractivity contribution in [3.63, 3.8) is 0 Å². The number of carbonyl (C=O) groups is 1.